The number of aliphatic hydroxyl groups is 1. The third-order valence-corrected chi connectivity index (χ3v) is 6.16. The van der Waals surface area contributed by atoms with Gasteiger partial charge < -0.3 is 5.11 Å². The van der Waals surface area contributed by atoms with Gasteiger partial charge in [0.25, 0.3) is 5.91 Å². The summed E-state index contributed by atoms with van der Waals surface area (Å²) in [6.07, 6.45) is 0. The van der Waals surface area contributed by atoms with E-state index >= 15 is 0 Å². The van der Waals surface area contributed by atoms with Crippen LogP contribution in [0.15, 0.2) is 59.9 Å². The highest BCUT2D eigenvalue weighted by Crippen LogP contribution is 2.43. The number of aliphatic hydroxyl groups excluding tert-OH is 1. The summed E-state index contributed by atoms with van der Waals surface area (Å²) in [5.41, 5.74) is 0.741. The van der Waals surface area contributed by atoms with E-state index in [1.54, 1.807) is 38.1 Å². The van der Waals surface area contributed by atoms with Crippen LogP contribution in [0.5, 0.6) is 0 Å². The number of thiazole rings is 1. The van der Waals surface area contributed by atoms with Gasteiger partial charge in [-0.05, 0) is 38.1 Å². The zero-order chi connectivity index (χ0) is 21.6. The third kappa shape index (κ3) is 3.30. The van der Waals surface area contributed by atoms with Crippen LogP contribution in [0.1, 0.15) is 32.0 Å². The Morgan fingerprint density at radius 3 is 2.57 bits per heavy atom. The molecule has 2 aromatic carbocycles. The van der Waals surface area contributed by atoms with Crippen molar-refractivity contribution in [3.05, 3.63) is 91.8 Å². The highest BCUT2D eigenvalue weighted by molar-refractivity contribution is 7.14. The van der Waals surface area contributed by atoms with E-state index in [1.807, 2.05) is 0 Å². The lowest BCUT2D eigenvalue weighted by Crippen LogP contribution is -2.31. The van der Waals surface area contributed by atoms with Crippen molar-refractivity contribution >= 4 is 40.3 Å². The molecule has 1 aliphatic rings. The van der Waals surface area contributed by atoms with Crippen LogP contribution in [-0.2, 0) is 4.79 Å². The summed E-state index contributed by atoms with van der Waals surface area (Å²) >= 11 is 7.25. The number of aromatic nitrogens is 1. The van der Waals surface area contributed by atoms with Gasteiger partial charge in [0, 0.05) is 16.3 Å². The Balaban J connectivity index is 1.93. The van der Waals surface area contributed by atoms with E-state index in [-0.39, 0.29) is 11.1 Å². The molecule has 0 bridgehead atoms. The molecule has 1 aromatic heterocycles. The van der Waals surface area contributed by atoms with Gasteiger partial charge in [0.1, 0.15) is 5.82 Å². The molecular formula is C22H16ClFN2O3S. The number of aryl methyl sites for hydroxylation is 2. The van der Waals surface area contributed by atoms with Crippen molar-refractivity contribution in [2.75, 3.05) is 4.90 Å². The second-order valence-electron chi connectivity index (χ2n) is 6.82. The standard InChI is InChI=1S/C22H16ClFN2O3S/c1-11-21(30-12(2)25-11)19(27)17-18(15-8-3-4-9-16(15)24)26(22(29)20(17)28)14-7-5-6-13(23)10-14/h3-10,18,28H,1-2H3. The number of halogens is 2. The van der Waals surface area contributed by atoms with E-state index in [0.29, 0.717) is 26.3 Å². The van der Waals surface area contributed by atoms with E-state index in [1.165, 1.54) is 29.2 Å². The van der Waals surface area contributed by atoms with Crippen LogP contribution in [-0.4, -0.2) is 21.8 Å². The van der Waals surface area contributed by atoms with Crippen molar-refractivity contribution in [2.45, 2.75) is 19.9 Å². The van der Waals surface area contributed by atoms with E-state index in [9.17, 15) is 19.1 Å². The molecule has 5 nitrogen and oxygen atoms in total. The summed E-state index contributed by atoms with van der Waals surface area (Å²) in [6.45, 7) is 3.44. The minimum Gasteiger partial charge on any atom is -0.503 e. The number of hydrogen-bond acceptors (Lipinski definition) is 5. The number of carbonyl (C=O) groups excluding carboxylic acids is 2. The van der Waals surface area contributed by atoms with E-state index in [0.717, 1.165) is 11.3 Å². The molecular weight excluding hydrogens is 427 g/mol. The van der Waals surface area contributed by atoms with Gasteiger partial charge in [0.15, 0.2) is 5.76 Å². The molecule has 2 heterocycles. The van der Waals surface area contributed by atoms with Gasteiger partial charge in [-0.1, -0.05) is 35.9 Å². The number of amides is 1. The van der Waals surface area contributed by atoms with Crippen LogP contribution in [0.3, 0.4) is 0 Å². The topological polar surface area (TPSA) is 70.5 Å². The monoisotopic (exact) mass is 442 g/mol. The molecule has 152 valence electrons. The third-order valence-electron chi connectivity index (χ3n) is 4.85. The Labute approximate surface area is 181 Å². The first-order valence-corrected chi connectivity index (χ1v) is 10.2. The predicted molar refractivity (Wildman–Crippen MR) is 114 cm³/mol. The summed E-state index contributed by atoms with van der Waals surface area (Å²) in [4.78, 5) is 32.2. The Morgan fingerprint density at radius 1 is 1.20 bits per heavy atom. The number of nitrogens with zero attached hydrogens (tertiary/aromatic N) is 2. The van der Waals surface area contributed by atoms with Crippen LogP contribution in [0.25, 0.3) is 0 Å². The molecule has 0 spiro atoms. The molecule has 0 saturated carbocycles. The summed E-state index contributed by atoms with van der Waals surface area (Å²) in [5, 5.41) is 11.7. The first-order chi connectivity index (χ1) is 14.3. The minimum absolute atomic E-state index is 0.0946. The molecule has 0 radical (unpaired) electrons. The maximum Gasteiger partial charge on any atom is 0.294 e. The van der Waals surface area contributed by atoms with E-state index in [2.05, 4.69) is 4.98 Å². The van der Waals surface area contributed by atoms with Crippen molar-refractivity contribution in [2.24, 2.45) is 0 Å². The smallest absolute Gasteiger partial charge is 0.294 e. The summed E-state index contributed by atoms with van der Waals surface area (Å²) in [5.74, 6) is -2.66. The SMILES string of the molecule is Cc1nc(C)c(C(=O)C2=C(O)C(=O)N(c3cccc(Cl)c3)C2c2ccccc2F)s1. The molecule has 1 N–H and O–H groups in total. The largest absolute Gasteiger partial charge is 0.503 e. The molecule has 0 fully saturated rings. The first kappa shape index (κ1) is 20.3. The Morgan fingerprint density at radius 2 is 1.93 bits per heavy atom. The van der Waals surface area contributed by atoms with Gasteiger partial charge in [0.2, 0.25) is 5.78 Å². The highest BCUT2D eigenvalue weighted by Gasteiger charge is 2.46. The van der Waals surface area contributed by atoms with Gasteiger partial charge >= 0.3 is 0 Å². The molecule has 30 heavy (non-hydrogen) atoms. The van der Waals surface area contributed by atoms with Crippen LogP contribution < -0.4 is 4.90 Å². The maximum absolute atomic E-state index is 14.8. The zero-order valence-electron chi connectivity index (χ0n) is 16.0. The second kappa shape index (κ2) is 7.66. The highest BCUT2D eigenvalue weighted by atomic mass is 35.5. The summed E-state index contributed by atoms with van der Waals surface area (Å²) < 4.78 is 14.8. The quantitative estimate of drug-likeness (QED) is 0.554. The lowest BCUT2D eigenvalue weighted by molar-refractivity contribution is -0.117. The molecule has 8 heteroatoms. The Hall–Kier alpha value is -3.03. The number of hydrogen-bond donors (Lipinski definition) is 1. The summed E-state index contributed by atoms with van der Waals surface area (Å²) in [7, 11) is 0. The van der Waals surface area contributed by atoms with Crippen molar-refractivity contribution in [3.8, 4) is 0 Å². The zero-order valence-corrected chi connectivity index (χ0v) is 17.6. The van der Waals surface area contributed by atoms with Crippen LogP contribution in [0, 0.1) is 19.7 Å². The fourth-order valence-corrected chi connectivity index (χ4v) is 4.64. The molecule has 1 aliphatic heterocycles. The molecule has 0 aliphatic carbocycles. The number of anilines is 1. The average Bonchev–Trinajstić information content (AvgIpc) is 3.17. The molecule has 4 rings (SSSR count). The van der Waals surface area contributed by atoms with Gasteiger partial charge in [-0.3, -0.25) is 14.5 Å². The average molecular weight is 443 g/mol. The Bertz CT molecular complexity index is 1220. The number of Topliss-reactive ketones (excluding diaryl/α,β-unsaturated/α-hetero) is 1. The van der Waals surface area contributed by atoms with Crippen molar-refractivity contribution in [1.29, 1.82) is 0 Å². The van der Waals surface area contributed by atoms with Crippen LogP contribution in [0.2, 0.25) is 5.02 Å². The lowest BCUT2D eigenvalue weighted by Gasteiger charge is -2.27. The first-order valence-electron chi connectivity index (χ1n) is 9.05. The van der Waals surface area contributed by atoms with Gasteiger partial charge in [-0.25, -0.2) is 9.37 Å². The van der Waals surface area contributed by atoms with Crippen molar-refractivity contribution < 1.29 is 19.1 Å². The normalized spacial score (nSPS) is 16.5. The number of rotatable bonds is 4. The van der Waals surface area contributed by atoms with Crippen LogP contribution >= 0.6 is 22.9 Å². The van der Waals surface area contributed by atoms with Gasteiger partial charge in [-0.2, -0.15) is 0 Å². The molecule has 1 unspecified atom stereocenters. The summed E-state index contributed by atoms with van der Waals surface area (Å²) in [6, 6.07) is 11.1. The molecule has 3 aromatic rings. The maximum atomic E-state index is 14.8. The fourth-order valence-electron chi connectivity index (χ4n) is 3.58. The second-order valence-corrected chi connectivity index (χ2v) is 8.46. The number of benzene rings is 2. The lowest BCUT2D eigenvalue weighted by atomic mass is 9.94. The molecule has 0 saturated heterocycles. The number of ketones is 1. The minimum atomic E-state index is -1.15. The van der Waals surface area contributed by atoms with E-state index < -0.39 is 29.3 Å². The van der Waals surface area contributed by atoms with Crippen molar-refractivity contribution in [1.82, 2.24) is 4.98 Å². The molecule has 1 amide bonds. The van der Waals surface area contributed by atoms with Gasteiger partial charge in [-0.15, -0.1) is 11.3 Å². The fraction of sp³-hybridized carbons (Fsp3) is 0.136. The predicted octanol–water partition coefficient (Wildman–Crippen LogP) is 5.34. The van der Waals surface area contributed by atoms with Gasteiger partial charge in [0.05, 0.1) is 27.2 Å². The van der Waals surface area contributed by atoms with E-state index in [4.69, 9.17) is 11.6 Å². The Kier molecular flexibility index (Phi) is 5.17. The number of carbonyl (C=O) groups is 2. The van der Waals surface area contributed by atoms with Crippen LogP contribution in [0.4, 0.5) is 10.1 Å². The molecule has 1 atom stereocenters. The van der Waals surface area contributed by atoms with Crippen molar-refractivity contribution in [3.63, 3.8) is 0 Å².